The van der Waals surface area contributed by atoms with Crippen molar-refractivity contribution in [3.63, 3.8) is 0 Å². The number of nitrogens with one attached hydrogen (secondary N) is 2. The van der Waals surface area contributed by atoms with Crippen LogP contribution in [0.5, 0.6) is 11.5 Å². The predicted molar refractivity (Wildman–Crippen MR) is 124 cm³/mol. The molecule has 0 bridgehead atoms. The maximum absolute atomic E-state index is 12.8. The largest absolute Gasteiger partial charge is 0.493 e. The van der Waals surface area contributed by atoms with Gasteiger partial charge >= 0.3 is 0 Å². The van der Waals surface area contributed by atoms with Crippen LogP contribution in [-0.4, -0.2) is 52.3 Å². The van der Waals surface area contributed by atoms with Crippen molar-refractivity contribution in [2.45, 2.75) is 26.2 Å². The molecular weight excluding hydrogens is 392 g/mol. The molecule has 7 nitrogen and oxygen atoms in total. The van der Waals surface area contributed by atoms with Crippen LogP contribution in [0.1, 0.15) is 24.5 Å². The Morgan fingerprint density at radius 2 is 1.90 bits per heavy atom. The first-order valence-corrected chi connectivity index (χ1v) is 10.8. The van der Waals surface area contributed by atoms with Gasteiger partial charge in [-0.25, -0.2) is 4.99 Å². The van der Waals surface area contributed by atoms with Gasteiger partial charge in [-0.15, -0.1) is 0 Å². The van der Waals surface area contributed by atoms with Gasteiger partial charge in [0.15, 0.2) is 17.5 Å². The fraction of sp³-hybridized carbons (Fsp3) is 0.417. The van der Waals surface area contributed by atoms with Crippen LogP contribution in [0.15, 0.2) is 47.5 Å². The van der Waals surface area contributed by atoms with Crippen LogP contribution < -0.4 is 25.0 Å². The van der Waals surface area contributed by atoms with Gasteiger partial charge in [0.2, 0.25) is 5.91 Å². The lowest BCUT2D eigenvalue weighted by atomic mass is 10.0. The van der Waals surface area contributed by atoms with Gasteiger partial charge in [-0.05, 0) is 55.5 Å². The van der Waals surface area contributed by atoms with E-state index in [1.54, 1.807) is 14.2 Å². The van der Waals surface area contributed by atoms with E-state index in [-0.39, 0.29) is 12.5 Å². The standard InChI is InChI=1S/C24H32N4O3/c1-4-25-24(26-14-13-18-11-12-21(30-2)22(16-18)31-3)27-17-23(29)28-15-7-9-19-8-5-6-10-20(19)28/h5-6,8,10-12,16H,4,7,9,13-15,17H2,1-3H3,(H2,25,26,27). The molecule has 1 amide bonds. The second kappa shape index (κ2) is 11.2. The zero-order valence-electron chi connectivity index (χ0n) is 18.6. The maximum Gasteiger partial charge on any atom is 0.248 e. The van der Waals surface area contributed by atoms with Crippen LogP contribution in [0.4, 0.5) is 5.69 Å². The van der Waals surface area contributed by atoms with E-state index < -0.39 is 0 Å². The molecule has 0 atom stereocenters. The van der Waals surface area contributed by atoms with Gasteiger partial charge < -0.3 is 25.0 Å². The van der Waals surface area contributed by atoms with Crippen molar-refractivity contribution in [1.29, 1.82) is 0 Å². The number of aryl methyl sites for hydroxylation is 1. The number of carbonyl (C=O) groups is 1. The number of hydrogen-bond donors (Lipinski definition) is 2. The van der Waals surface area contributed by atoms with Gasteiger partial charge in [0.25, 0.3) is 0 Å². The van der Waals surface area contributed by atoms with Gasteiger partial charge in [-0.1, -0.05) is 24.3 Å². The number of amides is 1. The Bertz CT molecular complexity index is 913. The molecule has 0 spiro atoms. The molecule has 3 rings (SSSR count). The average molecular weight is 425 g/mol. The van der Waals surface area contributed by atoms with Crippen LogP contribution >= 0.6 is 0 Å². The normalized spacial score (nSPS) is 13.4. The predicted octanol–water partition coefficient (Wildman–Crippen LogP) is 2.78. The third kappa shape index (κ3) is 5.90. The van der Waals surface area contributed by atoms with Crippen molar-refractivity contribution >= 4 is 17.6 Å². The fourth-order valence-electron chi connectivity index (χ4n) is 3.73. The highest BCUT2D eigenvalue weighted by Gasteiger charge is 2.21. The van der Waals surface area contributed by atoms with E-state index in [0.717, 1.165) is 43.6 Å². The Balaban J connectivity index is 1.57. The van der Waals surface area contributed by atoms with E-state index in [9.17, 15) is 4.79 Å². The second-order valence-electron chi connectivity index (χ2n) is 7.34. The monoisotopic (exact) mass is 424 g/mol. The first kappa shape index (κ1) is 22.5. The van der Waals surface area contributed by atoms with E-state index in [2.05, 4.69) is 21.7 Å². The summed E-state index contributed by atoms with van der Waals surface area (Å²) in [4.78, 5) is 19.2. The van der Waals surface area contributed by atoms with Crippen LogP contribution in [-0.2, 0) is 17.6 Å². The number of hydrogen-bond acceptors (Lipinski definition) is 4. The molecule has 7 heteroatoms. The molecule has 1 aliphatic heterocycles. The molecule has 0 saturated carbocycles. The zero-order valence-corrected chi connectivity index (χ0v) is 18.6. The summed E-state index contributed by atoms with van der Waals surface area (Å²) in [6, 6.07) is 14.0. The molecule has 0 saturated heterocycles. The van der Waals surface area contributed by atoms with E-state index in [4.69, 9.17) is 9.47 Å². The molecule has 166 valence electrons. The molecule has 0 aliphatic carbocycles. The molecule has 0 aromatic heterocycles. The Labute approximate surface area is 184 Å². The lowest BCUT2D eigenvalue weighted by Crippen LogP contribution is -2.41. The SMILES string of the molecule is CCNC(=NCC(=O)N1CCCc2ccccc21)NCCc1ccc(OC)c(OC)c1. The summed E-state index contributed by atoms with van der Waals surface area (Å²) in [7, 11) is 3.26. The zero-order chi connectivity index (χ0) is 22.1. The van der Waals surface area contributed by atoms with Crippen LogP contribution in [0.25, 0.3) is 0 Å². The topological polar surface area (TPSA) is 75.2 Å². The van der Waals surface area contributed by atoms with Crippen LogP contribution in [0.2, 0.25) is 0 Å². The summed E-state index contributed by atoms with van der Waals surface area (Å²) >= 11 is 0. The van der Waals surface area contributed by atoms with Crippen molar-refractivity contribution in [3.05, 3.63) is 53.6 Å². The summed E-state index contributed by atoms with van der Waals surface area (Å²) in [5.41, 5.74) is 3.37. The average Bonchev–Trinajstić information content (AvgIpc) is 2.81. The van der Waals surface area contributed by atoms with E-state index >= 15 is 0 Å². The number of benzene rings is 2. The first-order valence-electron chi connectivity index (χ1n) is 10.8. The smallest absolute Gasteiger partial charge is 0.248 e. The molecule has 2 N–H and O–H groups in total. The fourth-order valence-corrected chi connectivity index (χ4v) is 3.73. The number of methoxy groups -OCH3 is 2. The Hall–Kier alpha value is -3.22. The number of anilines is 1. The van der Waals surface area contributed by atoms with E-state index in [1.165, 1.54) is 5.56 Å². The van der Waals surface area contributed by atoms with Crippen molar-refractivity contribution < 1.29 is 14.3 Å². The number of ether oxygens (including phenoxy) is 2. The lowest BCUT2D eigenvalue weighted by molar-refractivity contribution is -0.117. The van der Waals surface area contributed by atoms with Gasteiger partial charge in [-0.3, -0.25) is 4.79 Å². The van der Waals surface area contributed by atoms with Crippen molar-refractivity contribution in [1.82, 2.24) is 10.6 Å². The van der Waals surface area contributed by atoms with Crippen LogP contribution in [0, 0.1) is 0 Å². The molecule has 0 unspecified atom stereocenters. The molecule has 2 aromatic rings. The van der Waals surface area contributed by atoms with Gasteiger partial charge in [0.05, 0.1) is 14.2 Å². The molecule has 1 heterocycles. The van der Waals surface area contributed by atoms with E-state index in [0.29, 0.717) is 24.0 Å². The number of guanidine groups is 1. The molecule has 0 radical (unpaired) electrons. The minimum atomic E-state index is 0.0178. The van der Waals surface area contributed by atoms with Gasteiger partial charge in [0.1, 0.15) is 6.54 Å². The number of para-hydroxylation sites is 1. The third-order valence-corrected chi connectivity index (χ3v) is 5.28. The minimum Gasteiger partial charge on any atom is -0.493 e. The summed E-state index contributed by atoms with van der Waals surface area (Å²) in [5, 5.41) is 6.52. The summed E-state index contributed by atoms with van der Waals surface area (Å²) in [6.07, 6.45) is 2.79. The second-order valence-corrected chi connectivity index (χ2v) is 7.34. The number of rotatable bonds is 8. The van der Waals surface area contributed by atoms with Gasteiger partial charge in [0, 0.05) is 25.3 Å². The summed E-state index contributed by atoms with van der Waals surface area (Å²) in [5.74, 6) is 2.09. The summed E-state index contributed by atoms with van der Waals surface area (Å²) < 4.78 is 10.7. The van der Waals surface area contributed by atoms with E-state index in [1.807, 2.05) is 48.2 Å². The minimum absolute atomic E-state index is 0.0178. The molecular formula is C24H32N4O3. The summed E-state index contributed by atoms with van der Waals surface area (Å²) in [6.45, 7) is 4.27. The third-order valence-electron chi connectivity index (χ3n) is 5.28. The maximum atomic E-state index is 12.8. The highest BCUT2D eigenvalue weighted by molar-refractivity contribution is 5.97. The Morgan fingerprint density at radius 1 is 1.10 bits per heavy atom. The van der Waals surface area contributed by atoms with Crippen molar-refractivity contribution in [2.75, 3.05) is 45.3 Å². The molecule has 1 aliphatic rings. The first-order chi connectivity index (χ1) is 15.2. The number of nitrogens with zero attached hydrogens (tertiary/aromatic N) is 2. The quantitative estimate of drug-likeness (QED) is 0.504. The molecule has 2 aromatic carbocycles. The van der Waals surface area contributed by atoms with Crippen molar-refractivity contribution in [3.8, 4) is 11.5 Å². The van der Waals surface area contributed by atoms with Crippen molar-refractivity contribution in [2.24, 2.45) is 4.99 Å². The highest BCUT2D eigenvalue weighted by atomic mass is 16.5. The Kier molecular flexibility index (Phi) is 8.15. The van der Waals surface area contributed by atoms with Gasteiger partial charge in [-0.2, -0.15) is 0 Å². The number of carbonyl (C=O) groups excluding carboxylic acids is 1. The highest BCUT2D eigenvalue weighted by Crippen LogP contribution is 2.28. The molecule has 31 heavy (non-hydrogen) atoms. The number of aliphatic imine (C=N–C) groups is 1. The number of fused-ring (bicyclic) bond motifs is 1. The Morgan fingerprint density at radius 3 is 2.68 bits per heavy atom. The van der Waals surface area contributed by atoms with Crippen LogP contribution in [0.3, 0.4) is 0 Å². The lowest BCUT2D eigenvalue weighted by Gasteiger charge is -2.29. The molecule has 0 fully saturated rings.